The average molecular weight is 399 g/mol. The molecular weight excluding hydrogens is 379 g/mol. The number of fused-ring (bicyclic) bond motifs is 2. The first kappa shape index (κ1) is 17.9. The Bertz CT molecular complexity index is 912. The van der Waals surface area contributed by atoms with Crippen LogP contribution in [0.5, 0.6) is 0 Å². The van der Waals surface area contributed by atoms with Crippen molar-refractivity contribution in [3.8, 4) is 0 Å². The van der Waals surface area contributed by atoms with E-state index in [1.807, 2.05) is 20.8 Å². The predicted molar refractivity (Wildman–Crippen MR) is 98.9 cm³/mol. The molecule has 0 spiro atoms. The third-order valence-electron chi connectivity index (χ3n) is 5.05. The monoisotopic (exact) mass is 398 g/mol. The molecule has 0 radical (unpaired) electrons. The number of hydrogen-bond donors (Lipinski definition) is 1. The van der Waals surface area contributed by atoms with Gasteiger partial charge in [0.1, 0.15) is 11.1 Å². The Hall–Kier alpha value is -1.54. The van der Waals surface area contributed by atoms with E-state index < -0.39 is 11.4 Å². The Morgan fingerprint density at radius 2 is 2.15 bits per heavy atom. The summed E-state index contributed by atoms with van der Waals surface area (Å²) >= 11 is 10.4. The molecule has 9 heteroatoms. The summed E-state index contributed by atoms with van der Waals surface area (Å²) in [7, 11) is 1.69. The van der Waals surface area contributed by atoms with Crippen LogP contribution in [0.15, 0.2) is 6.20 Å². The van der Waals surface area contributed by atoms with E-state index in [2.05, 4.69) is 22.7 Å². The summed E-state index contributed by atoms with van der Waals surface area (Å²) in [5.74, 6) is -0.0270. The van der Waals surface area contributed by atoms with Crippen LogP contribution in [0, 0.1) is 17.7 Å². The second-order valence-electron chi connectivity index (χ2n) is 7.95. The standard InChI is InChI=1S/C17H20ClFN4O2S/c1-17(2,3)25-16(24)23-6-8-9(10(8)15(23)26)12-7-5-20-14(18)11(19)13(7)22(4)21-12/h5,8-10,15,26H,6H2,1-4H3/t8-,9?,10-,15?/m0/s1. The summed E-state index contributed by atoms with van der Waals surface area (Å²) in [4.78, 5) is 17.9. The van der Waals surface area contributed by atoms with Gasteiger partial charge in [-0.2, -0.15) is 17.7 Å². The Kier molecular flexibility index (Phi) is 3.93. The molecule has 2 aliphatic rings. The highest BCUT2D eigenvalue weighted by molar-refractivity contribution is 7.81. The van der Waals surface area contributed by atoms with Crippen molar-refractivity contribution in [3.05, 3.63) is 22.9 Å². The van der Waals surface area contributed by atoms with Crippen LogP contribution in [0.2, 0.25) is 5.15 Å². The van der Waals surface area contributed by atoms with Gasteiger partial charge in [-0.15, -0.1) is 0 Å². The van der Waals surface area contributed by atoms with Gasteiger partial charge >= 0.3 is 6.09 Å². The number of ether oxygens (including phenoxy) is 1. The van der Waals surface area contributed by atoms with Crippen LogP contribution < -0.4 is 0 Å². The Balaban J connectivity index is 1.59. The maximum absolute atomic E-state index is 14.3. The third kappa shape index (κ3) is 2.65. The third-order valence-corrected chi connectivity index (χ3v) is 5.94. The highest BCUT2D eigenvalue weighted by Crippen LogP contribution is 2.62. The fraction of sp³-hybridized carbons (Fsp3) is 0.588. The number of hydrogen-bond acceptors (Lipinski definition) is 5. The number of halogens is 2. The highest BCUT2D eigenvalue weighted by Gasteiger charge is 2.63. The first-order chi connectivity index (χ1) is 12.1. The van der Waals surface area contributed by atoms with Crippen molar-refractivity contribution < 1.29 is 13.9 Å². The zero-order valence-corrected chi connectivity index (χ0v) is 16.6. The fourth-order valence-electron chi connectivity index (χ4n) is 3.94. The van der Waals surface area contributed by atoms with E-state index in [4.69, 9.17) is 16.3 Å². The molecule has 1 saturated carbocycles. The molecule has 3 heterocycles. The van der Waals surface area contributed by atoms with Gasteiger partial charge in [-0.05, 0) is 26.7 Å². The molecule has 140 valence electrons. The van der Waals surface area contributed by atoms with Gasteiger partial charge < -0.3 is 4.74 Å². The van der Waals surface area contributed by atoms with Gasteiger partial charge in [-0.3, -0.25) is 9.58 Å². The number of piperidine rings is 1. The molecular formula is C17H20ClFN4O2S. The second kappa shape index (κ2) is 5.73. The molecule has 4 atom stereocenters. The van der Waals surface area contributed by atoms with Gasteiger partial charge in [0.25, 0.3) is 0 Å². The molecule has 1 aliphatic heterocycles. The SMILES string of the molecule is Cn1nc(C2[C@H]3C(S)N(C(=O)OC(C)(C)C)C[C@@H]23)c2cnc(Cl)c(F)c21. The number of aryl methyl sites for hydroxylation is 1. The number of carbonyl (C=O) groups excluding carboxylic acids is 1. The van der Waals surface area contributed by atoms with Crippen LogP contribution in [-0.2, 0) is 11.8 Å². The molecule has 0 bridgehead atoms. The van der Waals surface area contributed by atoms with Crippen LogP contribution in [0.4, 0.5) is 9.18 Å². The summed E-state index contributed by atoms with van der Waals surface area (Å²) in [6.07, 6.45) is 1.21. The van der Waals surface area contributed by atoms with Crippen LogP contribution in [0.25, 0.3) is 10.9 Å². The van der Waals surface area contributed by atoms with E-state index in [0.29, 0.717) is 17.4 Å². The van der Waals surface area contributed by atoms with Crippen molar-refractivity contribution >= 4 is 41.2 Å². The van der Waals surface area contributed by atoms with Gasteiger partial charge in [0.05, 0.1) is 11.1 Å². The molecule has 26 heavy (non-hydrogen) atoms. The second-order valence-corrected chi connectivity index (χ2v) is 8.83. The maximum atomic E-state index is 14.3. The molecule has 1 aliphatic carbocycles. The molecule has 6 nitrogen and oxygen atoms in total. The number of nitrogens with zero attached hydrogens (tertiary/aromatic N) is 4. The van der Waals surface area contributed by atoms with E-state index in [-0.39, 0.29) is 34.4 Å². The zero-order valence-electron chi connectivity index (χ0n) is 14.9. The Morgan fingerprint density at radius 1 is 1.46 bits per heavy atom. The molecule has 2 fully saturated rings. The van der Waals surface area contributed by atoms with Gasteiger partial charge in [-0.25, -0.2) is 14.2 Å². The van der Waals surface area contributed by atoms with Crippen molar-refractivity contribution in [2.75, 3.05) is 6.54 Å². The summed E-state index contributed by atoms with van der Waals surface area (Å²) in [6, 6.07) is 0. The quantitative estimate of drug-likeness (QED) is 0.589. The van der Waals surface area contributed by atoms with Gasteiger partial charge in [-0.1, -0.05) is 11.6 Å². The summed E-state index contributed by atoms with van der Waals surface area (Å²) < 4.78 is 21.3. The van der Waals surface area contributed by atoms with Crippen molar-refractivity contribution in [1.29, 1.82) is 0 Å². The Labute approximate surface area is 161 Å². The van der Waals surface area contributed by atoms with E-state index >= 15 is 0 Å². The number of aromatic nitrogens is 3. The lowest BCUT2D eigenvalue weighted by Gasteiger charge is -2.29. The van der Waals surface area contributed by atoms with Gasteiger partial charge in [0.2, 0.25) is 0 Å². The van der Waals surface area contributed by atoms with Crippen LogP contribution in [0.1, 0.15) is 32.4 Å². The molecule has 4 rings (SSSR count). The lowest BCUT2D eigenvalue weighted by molar-refractivity contribution is 0.0251. The van der Waals surface area contributed by atoms with Gasteiger partial charge in [0, 0.05) is 37.0 Å². The molecule has 1 saturated heterocycles. The van der Waals surface area contributed by atoms with E-state index in [1.54, 1.807) is 18.1 Å². The van der Waals surface area contributed by atoms with E-state index in [9.17, 15) is 9.18 Å². The topological polar surface area (TPSA) is 60.2 Å². The summed E-state index contributed by atoms with van der Waals surface area (Å²) in [6.45, 7) is 6.07. The van der Waals surface area contributed by atoms with Crippen molar-refractivity contribution in [2.24, 2.45) is 18.9 Å². The molecule has 2 aromatic rings. The fourth-order valence-corrected chi connectivity index (χ4v) is 4.68. The number of pyridine rings is 1. The van der Waals surface area contributed by atoms with E-state index in [1.165, 1.54) is 4.68 Å². The van der Waals surface area contributed by atoms with Crippen molar-refractivity contribution in [1.82, 2.24) is 19.7 Å². The molecule has 0 aromatic carbocycles. The molecule has 2 aromatic heterocycles. The number of thiol groups is 1. The number of likely N-dealkylation sites (tertiary alicyclic amines) is 1. The van der Waals surface area contributed by atoms with E-state index in [0.717, 1.165) is 5.69 Å². The molecule has 0 N–H and O–H groups in total. The average Bonchev–Trinajstić information content (AvgIpc) is 2.98. The highest BCUT2D eigenvalue weighted by atomic mass is 35.5. The van der Waals surface area contributed by atoms with Crippen LogP contribution in [0.3, 0.4) is 0 Å². The smallest absolute Gasteiger partial charge is 0.411 e. The number of rotatable bonds is 1. The Morgan fingerprint density at radius 3 is 2.73 bits per heavy atom. The first-order valence-electron chi connectivity index (χ1n) is 8.44. The predicted octanol–water partition coefficient (Wildman–Crippen LogP) is 3.60. The minimum atomic E-state index is -0.561. The first-order valence-corrected chi connectivity index (χ1v) is 9.34. The van der Waals surface area contributed by atoms with Crippen LogP contribution in [-0.4, -0.2) is 43.3 Å². The summed E-state index contributed by atoms with van der Waals surface area (Å²) in [5, 5.41) is 4.77. The lowest BCUT2D eigenvalue weighted by atomic mass is 10.1. The van der Waals surface area contributed by atoms with Gasteiger partial charge in [0.15, 0.2) is 11.0 Å². The zero-order chi connectivity index (χ0) is 19.0. The molecule has 2 unspecified atom stereocenters. The van der Waals surface area contributed by atoms with Crippen molar-refractivity contribution in [3.63, 3.8) is 0 Å². The minimum absolute atomic E-state index is 0.127. The number of carbonyl (C=O) groups is 1. The van der Waals surface area contributed by atoms with Crippen LogP contribution >= 0.6 is 24.2 Å². The lowest BCUT2D eigenvalue weighted by Crippen LogP contribution is -2.40. The minimum Gasteiger partial charge on any atom is -0.444 e. The maximum Gasteiger partial charge on any atom is 0.411 e. The summed E-state index contributed by atoms with van der Waals surface area (Å²) in [5.41, 5.74) is 0.601. The van der Waals surface area contributed by atoms with Crippen molar-refractivity contribution in [2.45, 2.75) is 37.7 Å². The normalized spacial score (nSPS) is 27.7. The largest absolute Gasteiger partial charge is 0.444 e. The molecule has 1 amide bonds. The number of amides is 1.